The van der Waals surface area contributed by atoms with Gasteiger partial charge in [-0.15, -0.1) is 0 Å². The standard InChI is InChI=1S/C25H23N5O2/c1-17-5-7-18(8-6-17)15-31-20-12-19(24-28-22-4-3-9-27-25(22)29-24)13-21(14-20)32-16-23-26-10-11-30(23)2/h3-14H,15-16H2,1-2H3,(H,27,28,29). The van der Waals surface area contributed by atoms with Gasteiger partial charge in [0.2, 0.25) is 0 Å². The van der Waals surface area contributed by atoms with Crippen molar-refractivity contribution < 1.29 is 9.47 Å². The van der Waals surface area contributed by atoms with Gasteiger partial charge in [0.25, 0.3) is 0 Å². The molecule has 0 atom stereocenters. The first kappa shape index (κ1) is 19.8. The van der Waals surface area contributed by atoms with E-state index in [1.807, 2.05) is 48.1 Å². The number of hydrogen-bond acceptors (Lipinski definition) is 5. The van der Waals surface area contributed by atoms with Gasteiger partial charge in [0.1, 0.15) is 41.9 Å². The van der Waals surface area contributed by atoms with Crippen LogP contribution in [0.5, 0.6) is 11.5 Å². The normalized spacial score (nSPS) is 11.1. The Labute approximate surface area is 185 Å². The Bertz CT molecular complexity index is 1320. The molecule has 5 aromatic rings. The number of hydrogen-bond donors (Lipinski definition) is 1. The van der Waals surface area contributed by atoms with Gasteiger partial charge < -0.3 is 19.0 Å². The summed E-state index contributed by atoms with van der Waals surface area (Å²) in [5.41, 5.74) is 4.73. The highest BCUT2D eigenvalue weighted by atomic mass is 16.5. The second kappa shape index (κ2) is 8.55. The Morgan fingerprint density at radius 3 is 2.41 bits per heavy atom. The number of imidazole rings is 2. The molecule has 0 fully saturated rings. The van der Waals surface area contributed by atoms with Crippen molar-refractivity contribution in [2.45, 2.75) is 20.1 Å². The van der Waals surface area contributed by atoms with E-state index in [4.69, 9.17) is 9.47 Å². The van der Waals surface area contributed by atoms with Gasteiger partial charge in [-0.3, -0.25) is 0 Å². The smallest absolute Gasteiger partial charge is 0.157 e. The maximum Gasteiger partial charge on any atom is 0.157 e. The predicted molar refractivity (Wildman–Crippen MR) is 122 cm³/mol. The second-order valence-corrected chi connectivity index (χ2v) is 7.67. The molecule has 0 saturated carbocycles. The number of rotatable bonds is 7. The van der Waals surface area contributed by atoms with Gasteiger partial charge in [0.15, 0.2) is 5.65 Å². The molecule has 0 unspecified atom stereocenters. The van der Waals surface area contributed by atoms with E-state index in [0.29, 0.717) is 30.5 Å². The third kappa shape index (κ3) is 4.32. The molecule has 0 aliphatic rings. The number of H-pyrrole nitrogens is 1. The Hall–Kier alpha value is -4.13. The summed E-state index contributed by atoms with van der Waals surface area (Å²) in [7, 11) is 1.94. The minimum Gasteiger partial charge on any atom is -0.489 e. The minimum absolute atomic E-state index is 0.353. The molecule has 0 aliphatic heterocycles. The number of nitrogens with zero attached hydrogens (tertiary/aromatic N) is 4. The number of benzene rings is 2. The molecular weight excluding hydrogens is 402 g/mol. The van der Waals surface area contributed by atoms with E-state index in [1.54, 1.807) is 12.4 Å². The van der Waals surface area contributed by atoms with Crippen LogP contribution in [0.15, 0.2) is 73.2 Å². The molecule has 0 spiro atoms. The topological polar surface area (TPSA) is 77.8 Å². The third-order valence-corrected chi connectivity index (χ3v) is 5.22. The molecule has 0 amide bonds. The summed E-state index contributed by atoms with van der Waals surface area (Å²) in [6, 6.07) is 17.9. The first-order chi connectivity index (χ1) is 15.6. The number of aryl methyl sites for hydroxylation is 2. The van der Waals surface area contributed by atoms with Gasteiger partial charge >= 0.3 is 0 Å². The quantitative estimate of drug-likeness (QED) is 0.404. The van der Waals surface area contributed by atoms with Crippen molar-refractivity contribution in [2.75, 3.05) is 0 Å². The highest BCUT2D eigenvalue weighted by Gasteiger charge is 2.11. The zero-order valence-electron chi connectivity index (χ0n) is 17.9. The number of aromatic amines is 1. The van der Waals surface area contributed by atoms with Crippen LogP contribution in [0.25, 0.3) is 22.6 Å². The summed E-state index contributed by atoms with van der Waals surface area (Å²) in [5, 5.41) is 0. The van der Waals surface area contributed by atoms with Crippen molar-refractivity contribution in [3.8, 4) is 22.9 Å². The summed E-state index contributed by atoms with van der Waals surface area (Å²) in [4.78, 5) is 16.6. The number of pyridine rings is 1. The van der Waals surface area contributed by atoms with E-state index in [2.05, 4.69) is 51.1 Å². The Morgan fingerprint density at radius 1 is 0.906 bits per heavy atom. The molecule has 7 heteroatoms. The van der Waals surface area contributed by atoms with Crippen LogP contribution in [0.2, 0.25) is 0 Å². The lowest BCUT2D eigenvalue weighted by Crippen LogP contribution is -2.03. The first-order valence-corrected chi connectivity index (χ1v) is 10.4. The second-order valence-electron chi connectivity index (χ2n) is 7.67. The highest BCUT2D eigenvalue weighted by molar-refractivity contribution is 5.76. The van der Waals surface area contributed by atoms with Crippen molar-refractivity contribution in [2.24, 2.45) is 7.05 Å². The fourth-order valence-corrected chi connectivity index (χ4v) is 3.39. The van der Waals surface area contributed by atoms with Crippen LogP contribution in [-0.2, 0) is 20.3 Å². The molecule has 3 heterocycles. The van der Waals surface area contributed by atoms with Crippen LogP contribution >= 0.6 is 0 Å². The Balaban J connectivity index is 1.44. The van der Waals surface area contributed by atoms with E-state index in [-0.39, 0.29) is 0 Å². The molecule has 2 aromatic carbocycles. The summed E-state index contributed by atoms with van der Waals surface area (Å²) >= 11 is 0. The van der Waals surface area contributed by atoms with Gasteiger partial charge in [-0.25, -0.2) is 15.0 Å². The molecule has 0 saturated heterocycles. The average molecular weight is 425 g/mol. The lowest BCUT2D eigenvalue weighted by atomic mass is 10.1. The number of aromatic nitrogens is 5. The average Bonchev–Trinajstić information content (AvgIpc) is 3.43. The van der Waals surface area contributed by atoms with E-state index in [9.17, 15) is 0 Å². The SMILES string of the molecule is Cc1ccc(COc2cc(OCc3nccn3C)cc(-c3nc4cccnc4[nH]3)c2)cc1. The maximum absolute atomic E-state index is 6.11. The van der Waals surface area contributed by atoms with Crippen LogP contribution in [-0.4, -0.2) is 24.5 Å². The minimum atomic E-state index is 0.353. The van der Waals surface area contributed by atoms with Crippen molar-refractivity contribution >= 4 is 11.2 Å². The van der Waals surface area contributed by atoms with Gasteiger partial charge in [-0.05, 0) is 36.8 Å². The van der Waals surface area contributed by atoms with Crippen LogP contribution in [0.1, 0.15) is 17.0 Å². The number of ether oxygens (including phenoxy) is 2. The molecule has 160 valence electrons. The monoisotopic (exact) mass is 425 g/mol. The Kier molecular flexibility index (Phi) is 5.29. The number of nitrogens with one attached hydrogen (secondary N) is 1. The summed E-state index contributed by atoms with van der Waals surface area (Å²) in [6.45, 7) is 2.89. The Morgan fingerprint density at radius 2 is 1.69 bits per heavy atom. The summed E-state index contributed by atoms with van der Waals surface area (Å²) < 4.78 is 14.1. The lowest BCUT2D eigenvalue weighted by molar-refractivity contribution is 0.282. The highest BCUT2D eigenvalue weighted by Crippen LogP contribution is 2.30. The molecule has 0 bridgehead atoms. The lowest BCUT2D eigenvalue weighted by Gasteiger charge is -2.12. The summed E-state index contributed by atoms with van der Waals surface area (Å²) in [5.74, 6) is 2.93. The maximum atomic E-state index is 6.11. The van der Waals surface area contributed by atoms with Crippen molar-refractivity contribution in [3.05, 3.63) is 90.1 Å². The molecule has 5 rings (SSSR count). The van der Waals surface area contributed by atoms with E-state index in [1.165, 1.54) is 5.56 Å². The van der Waals surface area contributed by atoms with Crippen LogP contribution in [0.3, 0.4) is 0 Å². The molecule has 32 heavy (non-hydrogen) atoms. The third-order valence-electron chi connectivity index (χ3n) is 5.22. The van der Waals surface area contributed by atoms with Gasteiger partial charge in [0.05, 0.1) is 0 Å². The van der Waals surface area contributed by atoms with Gasteiger partial charge in [-0.2, -0.15) is 0 Å². The fourth-order valence-electron chi connectivity index (χ4n) is 3.39. The van der Waals surface area contributed by atoms with E-state index < -0.39 is 0 Å². The van der Waals surface area contributed by atoms with Gasteiger partial charge in [0, 0.05) is 37.3 Å². The van der Waals surface area contributed by atoms with Crippen LogP contribution < -0.4 is 9.47 Å². The molecule has 3 aromatic heterocycles. The van der Waals surface area contributed by atoms with Crippen molar-refractivity contribution in [1.82, 2.24) is 24.5 Å². The molecular formula is C25H23N5O2. The zero-order chi connectivity index (χ0) is 21.9. The molecule has 7 nitrogen and oxygen atoms in total. The first-order valence-electron chi connectivity index (χ1n) is 10.4. The van der Waals surface area contributed by atoms with Crippen LogP contribution in [0, 0.1) is 6.92 Å². The molecule has 0 aliphatic carbocycles. The van der Waals surface area contributed by atoms with Crippen molar-refractivity contribution in [1.29, 1.82) is 0 Å². The number of fused-ring (bicyclic) bond motifs is 1. The van der Waals surface area contributed by atoms with Crippen molar-refractivity contribution in [3.63, 3.8) is 0 Å². The molecule has 1 N–H and O–H groups in total. The van der Waals surface area contributed by atoms with E-state index in [0.717, 1.165) is 28.1 Å². The largest absolute Gasteiger partial charge is 0.489 e. The van der Waals surface area contributed by atoms with Gasteiger partial charge in [-0.1, -0.05) is 29.8 Å². The fraction of sp³-hybridized carbons (Fsp3) is 0.160. The van der Waals surface area contributed by atoms with E-state index >= 15 is 0 Å². The zero-order valence-corrected chi connectivity index (χ0v) is 17.9. The predicted octanol–water partition coefficient (Wildman–Crippen LogP) is 4.82. The van der Waals surface area contributed by atoms with Crippen LogP contribution in [0.4, 0.5) is 0 Å². The molecule has 0 radical (unpaired) electrons. The summed E-state index contributed by atoms with van der Waals surface area (Å²) in [6.07, 6.45) is 5.39.